The lowest BCUT2D eigenvalue weighted by Crippen LogP contribution is -2.59. The zero-order chi connectivity index (χ0) is 38.7. The van der Waals surface area contributed by atoms with Gasteiger partial charge in [0.15, 0.2) is 5.60 Å². The number of likely N-dealkylation sites (N-methyl/N-ethyl adjacent to an activating group) is 1. The molecule has 304 valence electrons. The number of hydrogen-bond acceptors (Lipinski definition) is 7. The fourth-order valence-corrected chi connectivity index (χ4v) is 6.41. The fourth-order valence-electron chi connectivity index (χ4n) is 6.41. The normalized spacial score (nSPS) is 14.2. The van der Waals surface area contributed by atoms with Gasteiger partial charge in [0.2, 0.25) is 0 Å². The third-order valence-electron chi connectivity index (χ3n) is 10.2. The van der Waals surface area contributed by atoms with E-state index in [1.54, 1.807) is 6.92 Å². The van der Waals surface area contributed by atoms with Crippen LogP contribution in [0.1, 0.15) is 214 Å². The van der Waals surface area contributed by atoms with Crippen LogP contribution in [0.2, 0.25) is 0 Å². The van der Waals surface area contributed by atoms with Gasteiger partial charge in [0, 0.05) is 19.8 Å². The first-order valence-electron chi connectivity index (χ1n) is 21.6. The first-order valence-corrected chi connectivity index (χ1v) is 21.6. The second-order valence-electron chi connectivity index (χ2n) is 15.4. The van der Waals surface area contributed by atoms with Crippen molar-refractivity contribution in [3.05, 3.63) is 24.3 Å². The summed E-state index contributed by atoms with van der Waals surface area (Å²) in [6.07, 6.45) is 39.2. The van der Waals surface area contributed by atoms with Crippen molar-refractivity contribution in [2.45, 2.75) is 232 Å². The molecule has 7 nitrogen and oxygen atoms in total. The molecule has 0 radical (unpaired) electrons. The minimum atomic E-state index is -1.37. The molecular formula is C45H83NO6. The van der Waals surface area contributed by atoms with Crippen molar-refractivity contribution in [1.29, 1.82) is 0 Å². The van der Waals surface area contributed by atoms with Crippen LogP contribution in [-0.2, 0) is 28.6 Å². The van der Waals surface area contributed by atoms with Gasteiger partial charge in [-0.15, -0.1) is 0 Å². The third kappa shape index (κ3) is 28.4. The van der Waals surface area contributed by atoms with Gasteiger partial charge < -0.3 is 19.1 Å². The van der Waals surface area contributed by atoms with Crippen LogP contribution in [0.25, 0.3) is 0 Å². The number of esters is 3. The summed E-state index contributed by atoms with van der Waals surface area (Å²) in [4.78, 5) is 40.0. The Morgan fingerprint density at radius 1 is 0.538 bits per heavy atom. The molecule has 0 aromatic heterocycles. The number of carbonyl (C=O) groups excluding carboxylic acids is 3. The van der Waals surface area contributed by atoms with E-state index in [2.05, 4.69) is 38.2 Å². The Morgan fingerprint density at radius 2 is 0.885 bits per heavy atom. The number of nitrogens with zero attached hydrogens (tertiary/aromatic N) is 1. The molecule has 0 saturated carbocycles. The van der Waals surface area contributed by atoms with Gasteiger partial charge in [0.05, 0.1) is 6.04 Å². The molecule has 0 rings (SSSR count). The number of ether oxygens (including phenoxy) is 3. The van der Waals surface area contributed by atoms with E-state index in [0.717, 1.165) is 64.2 Å². The van der Waals surface area contributed by atoms with Crippen LogP contribution < -0.4 is 0 Å². The first-order chi connectivity index (χ1) is 25.1. The van der Waals surface area contributed by atoms with Crippen molar-refractivity contribution < 1.29 is 28.6 Å². The van der Waals surface area contributed by atoms with Crippen LogP contribution in [0.3, 0.4) is 0 Å². The molecule has 0 aromatic carbocycles. The molecule has 0 aliphatic rings. The Kier molecular flexibility index (Phi) is 33.2. The lowest BCUT2D eigenvalue weighted by molar-refractivity contribution is -0.247. The summed E-state index contributed by atoms with van der Waals surface area (Å²) in [6, 6.07) is -0.387. The number of allylic oxidation sites excluding steroid dienone is 4. The standard InChI is InChI=1S/C45H83NO6/c1-8-10-12-14-16-18-20-22-24-26-28-30-32-34-36-38-42(48)51-44(50-41(4)47)45(5,40(3)46(6)7)52-43(49)39-37-35-33-31-29-27-25-23-21-19-17-15-13-11-9-2/h22-25,40,44H,8-21,26-39H2,1-7H3/b24-22-,25-23-. The minimum absolute atomic E-state index is 0.227. The van der Waals surface area contributed by atoms with Gasteiger partial charge in [-0.3, -0.25) is 14.4 Å². The summed E-state index contributed by atoms with van der Waals surface area (Å²) in [7, 11) is 3.72. The van der Waals surface area contributed by atoms with Gasteiger partial charge in [-0.05, 0) is 92.2 Å². The SMILES string of the molecule is CCCCCCCC/C=C\CCCCCCCC(=O)OC(OC(C)=O)C(C)(OC(=O)CCCCCCC/C=C\CCCCCCCC)C(C)N(C)C. The van der Waals surface area contributed by atoms with Crippen LogP contribution in [-0.4, -0.2) is 54.8 Å². The second-order valence-corrected chi connectivity index (χ2v) is 15.4. The molecule has 0 spiro atoms. The highest BCUT2D eigenvalue weighted by Gasteiger charge is 2.49. The third-order valence-corrected chi connectivity index (χ3v) is 10.2. The van der Waals surface area contributed by atoms with Crippen molar-refractivity contribution in [2.24, 2.45) is 0 Å². The number of rotatable bonds is 36. The quantitative estimate of drug-likeness (QED) is 0.0274. The lowest BCUT2D eigenvalue weighted by Gasteiger charge is -2.42. The largest absolute Gasteiger partial charge is 0.450 e. The van der Waals surface area contributed by atoms with E-state index in [9.17, 15) is 14.4 Å². The van der Waals surface area contributed by atoms with E-state index in [4.69, 9.17) is 14.2 Å². The maximum absolute atomic E-state index is 13.1. The van der Waals surface area contributed by atoms with Crippen molar-refractivity contribution in [2.75, 3.05) is 14.1 Å². The topological polar surface area (TPSA) is 82.1 Å². The first kappa shape index (κ1) is 49.9. The highest BCUT2D eigenvalue weighted by atomic mass is 16.7. The Hall–Kier alpha value is -2.15. The van der Waals surface area contributed by atoms with Gasteiger partial charge in [-0.1, -0.05) is 141 Å². The molecule has 0 saturated heterocycles. The molecule has 0 N–H and O–H groups in total. The molecule has 0 aromatic rings. The highest BCUT2D eigenvalue weighted by Crippen LogP contribution is 2.29. The molecule has 52 heavy (non-hydrogen) atoms. The zero-order valence-electron chi connectivity index (χ0n) is 35.2. The Labute approximate surface area is 321 Å². The summed E-state index contributed by atoms with van der Waals surface area (Å²) in [5, 5.41) is 0. The van der Waals surface area contributed by atoms with E-state index in [1.807, 2.05) is 25.9 Å². The predicted octanol–water partition coefficient (Wildman–Crippen LogP) is 12.7. The Morgan fingerprint density at radius 3 is 1.25 bits per heavy atom. The zero-order valence-corrected chi connectivity index (χ0v) is 35.2. The summed E-state index contributed by atoms with van der Waals surface area (Å²) in [5.41, 5.74) is -1.37. The van der Waals surface area contributed by atoms with Crippen LogP contribution in [0.5, 0.6) is 0 Å². The molecule has 0 fully saturated rings. The number of hydrogen-bond donors (Lipinski definition) is 0. The molecule has 0 aliphatic carbocycles. The van der Waals surface area contributed by atoms with Gasteiger partial charge in [0.25, 0.3) is 6.29 Å². The van der Waals surface area contributed by atoms with Crippen molar-refractivity contribution in [1.82, 2.24) is 4.90 Å². The summed E-state index contributed by atoms with van der Waals surface area (Å²) in [5.74, 6) is -1.42. The van der Waals surface area contributed by atoms with Gasteiger partial charge in [-0.2, -0.15) is 0 Å². The number of unbranched alkanes of at least 4 members (excludes halogenated alkanes) is 22. The molecule has 3 atom stereocenters. The van der Waals surface area contributed by atoms with E-state index in [-0.39, 0.29) is 24.9 Å². The smallest absolute Gasteiger partial charge is 0.309 e. The summed E-state index contributed by atoms with van der Waals surface area (Å²) >= 11 is 0. The second kappa shape index (κ2) is 34.6. The van der Waals surface area contributed by atoms with Crippen LogP contribution >= 0.6 is 0 Å². The van der Waals surface area contributed by atoms with Gasteiger partial charge in [-0.25, -0.2) is 0 Å². The van der Waals surface area contributed by atoms with E-state index in [0.29, 0.717) is 6.42 Å². The molecule has 0 heterocycles. The summed E-state index contributed by atoms with van der Waals surface area (Å²) < 4.78 is 17.3. The fraction of sp³-hybridized carbons (Fsp3) is 0.844. The molecule has 7 heteroatoms. The average molecular weight is 734 g/mol. The molecule has 0 bridgehead atoms. The monoisotopic (exact) mass is 734 g/mol. The highest BCUT2D eigenvalue weighted by molar-refractivity contribution is 5.72. The number of carbonyl (C=O) groups is 3. The van der Waals surface area contributed by atoms with Gasteiger partial charge in [0.1, 0.15) is 0 Å². The minimum Gasteiger partial charge on any atom is -0.450 e. The predicted molar refractivity (Wildman–Crippen MR) is 218 cm³/mol. The van der Waals surface area contributed by atoms with Crippen molar-refractivity contribution in [3.8, 4) is 0 Å². The average Bonchev–Trinajstić information content (AvgIpc) is 3.10. The van der Waals surface area contributed by atoms with E-state index >= 15 is 0 Å². The molecule has 3 unspecified atom stereocenters. The maximum atomic E-state index is 13.1. The maximum Gasteiger partial charge on any atom is 0.309 e. The molecule has 0 aliphatic heterocycles. The molecule has 0 amide bonds. The van der Waals surface area contributed by atoms with E-state index in [1.165, 1.54) is 103 Å². The van der Waals surface area contributed by atoms with Crippen LogP contribution in [0.4, 0.5) is 0 Å². The van der Waals surface area contributed by atoms with Gasteiger partial charge >= 0.3 is 17.9 Å². The Bertz CT molecular complexity index is 931. The summed E-state index contributed by atoms with van der Waals surface area (Å²) in [6.45, 7) is 9.36. The van der Waals surface area contributed by atoms with Crippen molar-refractivity contribution >= 4 is 17.9 Å². The van der Waals surface area contributed by atoms with Crippen molar-refractivity contribution in [3.63, 3.8) is 0 Å². The van der Waals surface area contributed by atoms with Crippen LogP contribution in [0, 0.1) is 0 Å². The lowest BCUT2D eigenvalue weighted by atomic mass is 9.95. The van der Waals surface area contributed by atoms with Crippen LogP contribution in [0.15, 0.2) is 24.3 Å². The Balaban J connectivity index is 4.54. The molecular weight excluding hydrogens is 650 g/mol. The van der Waals surface area contributed by atoms with E-state index < -0.39 is 23.8 Å².